The SMILES string of the molecule is CCc1c(Cl)cc(C#N)c2sccc12. The highest BCUT2D eigenvalue weighted by Gasteiger charge is 2.10. The molecule has 1 aromatic carbocycles. The molecule has 14 heavy (non-hydrogen) atoms. The van der Waals surface area contributed by atoms with Gasteiger partial charge in [0.15, 0.2) is 0 Å². The van der Waals surface area contributed by atoms with Crippen molar-refractivity contribution in [3.63, 3.8) is 0 Å². The van der Waals surface area contributed by atoms with E-state index in [0.717, 1.165) is 22.1 Å². The van der Waals surface area contributed by atoms with Gasteiger partial charge in [0.1, 0.15) is 6.07 Å². The summed E-state index contributed by atoms with van der Waals surface area (Å²) in [6.07, 6.45) is 0.901. The van der Waals surface area contributed by atoms with Gasteiger partial charge in [0.2, 0.25) is 0 Å². The maximum absolute atomic E-state index is 8.94. The second-order valence-electron chi connectivity index (χ2n) is 3.01. The van der Waals surface area contributed by atoms with E-state index in [1.807, 2.05) is 11.4 Å². The Morgan fingerprint density at radius 3 is 3.00 bits per heavy atom. The number of halogens is 1. The van der Waals surface area contributed by atoms with Crippen LogP contribution in [-0.4, -0.2) is 0 Å². The number of nitriles is 1. The van der Waals surface area contributed by atoms with Crippen LogP contribution in [0.1, 0.15) is 18.1 Å². The van der Waals surface area contributed by atoms with Crippen molar-refractivity contribution < 1.29 is 0 Å². The van der Waals surface area contributed by atoms with Gasteiger partial charge in [0.05, 0.1) is 10.3 Å². The number of nitrogens with zero attached hydrogens (tertiary/aromatic N) is 1. The van der Waals surface area contributed by atoms with Crippen LogP contribution in [0.15, 0.2) is 17.5 Å². The third kappa shape index (κ3) is 1.30. The van der Waals surface area contributed by atoms with Gasteiger partial charge in [0.25, 0.3) is 0 Å². The summed E-state index contributed by atoms with van der Waals surface area (Å²) in [6, 6.07) is 5.97. The number of aryl methyl sites for hydroxylation is 1. The van der Waals surface area contributed by atoms with Gasteiger partial charge < -0.3 is 0 Å². The molecule has 0 bridgehead atoms. The van der Waals surface area contributed by atoms with Gasteiger partial charge in [-0.2, -0.15) is 5.26 Å². The minimum atomic E-state index is 0.678. The van der Waals surface area contributed by atoms with E-state index in [-0.39, 0.29) is 0 Å². The molecule has 0 N–H and O–H groups in total. The summed E-state index contributed by atoms with van der Waals surface area (Å²) in [5, 5.41) is 12.8. The molecule has 0 spiro atoms. The van der Waals surface area contributed by atoms with Crippen LogP contribution >= 0.6 is 22.9 Å². The van der Waals surface area contributed by atoms with E-state index >= 15 is 0 Å². The Labute approximate surface area is 91.5 Å². The van der Waals surface area contributed by atoms with Gasteiger partial charge >= 0.3 is 0 Å². The summed E-state index contributed by atoms with van der Waals surface area (Å²) in [4.78, 5) is 0. The molecule has 0 aliphatic carbocycles. The van der Waals surface area contributed by atoms with Crippen molar-refractivity contribution in [2.45, 2.75) is 13.3 Å². The van der Waals surface area contributed by atoms with E-state index in [0.29, 0.717) is 10.6 Å². The lowest BCUT2D eigenvalue weighted by Crippen LogP contribution is -1.85. The molecule has 0 radical (unpaired) electrons. The Morgan fingerprint density at radius 2 is 2.36 bits per heavy atom. The molecule has 70 valence electrons. The predicted molar refractivity (Wildman–Crippen MR) is 60.9 cm³/mol. The summed E-state index contributed by atoms with van der Waals surface area (Å²) < 4.78 is 1.05. The highest BCUT2D eigenvalue weighted by molar-refractivity contribution is 7.17. The van der Waals surface area contributed by atoms with E-state index in [4.69, 9.17) is 16.9 Å². The Bertz CT molecular complexity index is 522. The molecule has 0 saturated heterocycles. The number of hydrogen-bond donors (Lipinski definition) is 0. The van der Waals surface area contributed by atoms with Crippen LogP contribution in [0.3, 0.4) is 0 Å². The Hall–Kier alpha value is -1.04. The van der Waals surface area contributed by atoms with Crippen molar-refractivity contribution in [1.82, 2.24) is 0 Å². The van der Waals surface area contributed by atoms with Gasteiger partial charge in [-0.25, -0.2) is 0 Å². The first-order chi connectivity index (χ1) is 6.77. The standard InChI is InChI=1S/C11H8ClNS/c1-2-8-9-3-4-14-11(9)7(6-13)5-10(8)12/h3-5H,2H2,1H3. The maximum atomic E-state index is 8.94. The number of hydrogen-bond acceptors (Lipinski definition) is 2. The van der Waals surface area contributed by atoms with Crippen molar-refractivity contribution in [3.05, 3.63) is 33.7 Å². The summed E-state index contributed by atoms with van der Waals surface area (Å²) in [7, 11) is 0. The van der Waals surface area contributed by atoms with Crippen LogP contribution in [0.5, 0.6) is 0 Å². The number of benzene rings is 1. The first-order valence-electron chi connectivity index (χ1n) is 4.36. The Balaban J connectivity index is 2.90. The Kier molecular flexibility index (Phi) is 2.45. The zero-order chi connectivity index (χ0) is 10.1. The molecule has 2 aromatic rings. The fourth-order valence-electron chi connectivity index (χ4n) is 1.61. The molecular weight excluding hydrogens is 214 g/mol. The first kappa shape index (κ1) is 9.51. The highest BCUT2D eigenvalue weighted by atomic mass is 35.5. The average Bonchev–Trinajstić information content (AvgIpc) is 2.65. The lowest BCUT2D eigenvalue weighted by Gasteiger charge is -2.04. The van der Waals surface area contributed by atoms with Crippen molar-refractivity contribution in [3.8, 4) is 6.07 Å². The fraction of sp³-hybridized carbons (Fsp3) is 0.182. The molecule has 3 heteroatoms. The highest BCUT2D eigenvalue weighted by Crippen LogP contribution is 2.33. The molecule has 0 unspecified atom stereocenters. The van der Waals surface area contributed by atoms with Gasteiger partial charge in [-0.05, 0) is 34.9 Å². The van der Waals surface area contributed by atoms with Crippen LogP contribution in [0.4, 0.5) is 0 Å². The molecule has 0 atom stereocenters. The summed E-state index contributed by atoms with van der Waals surface area (Å²) in [6.45, 7) is 2.07. The van der Waals surface area contributed by atoms with Gasteiger partial charge in [-0.1, -0.05) is 18.5 Å². The second-order valence-corrected chi connectivity index (χ2v) is 4.34. The molecule has 0 aliphatic heterocycles. The smallest absolute Gasteiger partial charge is 0.101 e. The quantitative estimate of drug-likeness (QED) is 0.715. The zero-order valence-corrected chi connectivity index (χ0v) is 9.25. The first-order valence-corrected chi connectivity index (χ1v) is 5.62. The zero-order valence-electron chi connectivity index (χ0n) is 7.67. The monoisotopic (exact) mass is 221 g/mol. The number of thiophene rings is 1. The molecule has 0 fully saturated rings. The van der Waals surface area contributed by atoms with Crippen LogP contribution in [0.25, 0.3) is 10.1 Å². The van der Waals surface area contributed by atoms with Crippen LogP contribution in [-0.2, 0) is 6.42 Å². The normalized spacial score (nSPS) is 10.4. The molecule has 1 heterocycles. The minimum absolute atomic E-state index is 0.678. The number of rotatable bonds is 1. The summed E-state index contributed by atoms with van der Waals surface area (Å²) >= 11 is 7.69. The molecule has 2 rings (SSSR count). The summed E-state index contributed by atoms with van der Waals surface area (Å²) in [5.41, 5.74) is 1.82. The van der Waals surface area contributed by atoms with Gasteiger partial charge in [-0.3, -0.25) is 0 Å². The maximum Gasteiger partial charge on any atom is 0.101 e. The average molecular weight is 222 g/mol. The second kappa shape index (κ2) is 3.61. The minimum Gasteiger partial charge on any atom is -0.192 e. The van der Waals surface area contributed by atoms with Crippen LogP contribution < -0.4 is 0 Å². The van der Waals surface area contributed by atoms with Crippen molar-refractivity contribution >= 4 is 33.0 Å². The Morgan fingerprint density at radius 1 is 1.57 bits per heavy atom. The molecule has 0 saturated carbocycles. The lowest BCUT2D eigenvalue weighted by molar-refractivity contribution is 1.16. The topological polar surface area (TPSA) is 23.8 Å². The van der Waals surface area contributed by atoms with Crippen LogP contribution in [0, 0.1) is 11.3 Å². The van der Waals surface area contributed by atoms with Crippen molar-refractivity contribution in [2.75, 3.05) is 0 Å². The van der Waals surface area contributed by atoms with E-state index < -0.39 is 0 Å². The van der Waals surface area contributed by atoms with Crippen LogP contribution in [0.2, 0.25) is 5.02 Å². The van der Waals surface area contributed by atoms with E-state index in [1.54, 1.807) is 17.4 Å². The molecule has 1 aromatic heterocycles. The predicted octanol–water partition coefficient (Wildman–Crippen LogP) is 3.99. The largest absolute Gasteiger partial charge is 0.192 e. The molecule has 0 amide bonds. The van der Waals surface area contributed by atoms with E-state index in [2.05, 4.69) is 13.0 Å². The van der Waals surface area contributed by atoms with Gasteiger partial charge in [0, 0.05) is 5.02 Å². The van der Waals surface area contributed by atoms with Crippen molar-refractivity contribution in [2.24, 2.45) is 0 Å². The molecular formula is C11H8ClNS. The number of fused-ring (bicyclic) bond motifs is 1. The van der Waals surface area contributed by atoms with Gasteiger partial charge in [-0.15, -0.1) is 11.3 Å². The molecule has 0 aliphatic rings. The third-order valence-corrected chi connectivity index (χ3v) is 3.55. The van der Waals surface area contributed by atoms with E-state index in [1.165, 1.54) is 0 Å². The van der Waals surface area contributed by atoms with E-state index in [9.17, 15) is 0 Å². The summed E-state index contributed by atoms with van der Waals surface area (Å²) in [5.74, 6) is 0. The third-order valence-electron chi connectivity index (χ3n) is 2.27. The van der Waals surface area contributed by atoms with Crippen molar-refractivity contribution in [1.29, 1.82) is 5.26 Å². The lowest BCUT2D eigenvalue weighted by atomic mass is 10.1. The fourth-order valence-corrected chi connectivity index (χ4v) is 2.84. The molecule has 1 nitrogen and oxygen atoms in total.